The fraction of sp³-hybridized carbons (Fsp3) is 0.462. The van der Waals surface area contributed by atoms with Crippen LogP contribution >= 0.6 is 23.2 Å². The first-order chi connectivity index (χ1) is 8.12. The zero-order chi connectivity index (χ0) is 14.1. The van der Waals surface area contributed by atoms with Crippen molar-refractivity contribution in [3.63, 3.8) is 0 Å². The molecule has 0 aliphatic heterocycles. The van der Waals surface area contributed by atoms with Gasteiger partial charge in [-0.05, 0) is 30.0 Å². The lowest BCUT2D eigenvalue weighted by atomic mass is 9.87. The van der Waals surface area contributed by atoms with E-state index in [2.05, 4.69) is 5.32 Å². The predicted octanol–water partition coefficient (Wildman–Crippen LogP) is 3.61. The van der Waals surface area contributed by atoms with Crippen LogP contribution in [0.5, 0.6) is 0 Å². The lowest BCUT2D eigenvalue weighted by Crippen LogP contribution is -2.45. The SMILES string of the molecule is Cc1cc(Cl)c(NC(=O)[C@H](N)C(C)(C)C)cc1Cl. The van der Waals surface area contributed by atoms with Crippen LogP contribution in [0.15, 0.2) is 12.1 Å². The van der Waals surface area contributed by atoms with Gasteiger partial charge in [0.25, 0.3) is 0 Å². The topological polar surface area (TPSA) is 55.1 Å². The molecule has 0 aliphatic carbocycles. The number of carbonyl (C=O) groups is 1. The molecule has 1 aromatic carbocycles. The summed E-state index contributed by atoms with van der Waals surface area (Å²) in [6.07, 6.45) is 0. The highest BCUT2D eigenvalue weighted by Gasteiger charge is 2.27. The molecule has 0 unspecified atom stereocenters. The lowest BCUT2D eigenvalue weighted by Gasteiger charge is -2.26. The van der Waals surface area contributed by atoms with Crippen LogP contribution in [0.2, 0.25) is 10.0 Å². The third kappa shape index (κ3) is 3.61. The van der Waals surface area contributed by atoms with Crippen LogP contribution in [-0.2, 0) is 4.79 Å². The average molecular weight is 289 g/mol. The first-order valence-electron chi connectivity index (χ1n) is 5.65. The molecule has 100 valence electrons. The van der Waals surface area contributed by atoms with Crippen LogP contribution in [0.4, 0.5) is 5.69 Å². The summed E-state index contributed by atoms with van der Waals surface area (Å²) in [7, 11) is 0. The highest BCUT2D eigenvalue weighted by Crippen LogP contribution is 2.29. The van der Waals surface area contributed by atoms with Gasteiger partial charge in [-0.1, -0.05) is 44.0 Å². The largest absolute Gasteiger partial charge is 0.323 e. The number of halogens is 2. The van der Waals surface area contributed by atoms with Gasteiger partial charge in [-0.15, -0.1) is 0 Å². The number of hydrogen-bond acceptors (Lipinski definition) is 2. The Labute approximate surface area is 118 Å². The van der Waals surface area contributed by atoms with Crippen molar-refractivity contribution in [3.05, 3.63) is 27.7 Å². The quantitative estimate of drug-likeness (QED) is 0.873. The van der Waals surface area contributed by atoms with Crippen LogP contribution < -0.4 is 11.1 Å². The van der Waals surface area contributed by atoms with Gasteiger partial charge < -0.3 is 11.1 Å². The molecule has 0 saturated heterocycles. The number of amides is 1. The standard InChI is InChI=1S/C13H18Cl2N2O/c1-7-5-9(15)10(6-8(7)14)17-12(18)11(16)13(2,3)4/h5-6,11H,16H2,1-4H3,(H,17,18)/t11-/m0/s1. The average Bonchev–Trinajstić information content (AvgIpc) is 2.23. The predicted molar refractivity (Wildman–Crippen MR) is 77.3 cm³/mol. The van der Waals surface area contributed by atoms with Gasteiger partial charge in [-0.3, -0.25) is 4.79 Å². The van der Waals surface area contributed by atoms with Crippen molar-refractivity contribution in [2.75, 3.05) is 5.32 Å². The molecule has 3 N–H and O–H groups in total. The third-order valence-electron chi connectivity index (χ3n) is 2.72. The second-order valence-electron chi connectivity index (χ2n) is 5.41. The maximum Gasteiger partial charge on any atom is 0.241 e. The number of anilines is 1. The minimum atomic E-state index is -0.617. The Morgan fingerprint density at radius 3 is 2.33 bits per heavy atom. The number of aryl methyl sites for hydroxylation is 1. The Hall–Kier alpha value is -0.770. The van der Waals surface area contributed by atoms with Crippen LogP contribution in [0.25, 0.3) is 0 Å². The lowest BCUT2D eigenvalue weighted by molar-refractivity contribution is -0.119. The molecule has 0 fully saturated rings. The zero-order valence-corrected chi connectivity index (χ0v) is 12.5. The Kier molecular flexibility index (Phi) is 4.65. The Morgan fingerprint density at radius 1 is 1.28 bits per heavy atom. The zero-order valence-electron chi connectivity index (χ0n) is 11.0. The number of carbonyl (C=O) groups excluding carboxylic acids is 1. The van der Waals surface area contributed by atoms with Gasteiger partial charge >= 0.3 is 0 Å². The summed E-state index contributed by atoms with van der Waals surface area (Å²) >= 11 is 12.0. The first kappa shape index (κ1) is 15.3. The fourth-order valence-electron chi connectivity index (χ4n) is 1.35. The van der Waals surface area contributed by atoms with Gasteiger partial charge in [0.2, 0.25) is 5.91 Å². The Balaban J connectivity index is 2.92. The van der Waals surface area contributed by atoms with E-state index in [1.807, 2.05) is 27.7 Å². The monoisotopic (exact) mass is 288 g/mol. The van der Waals surface area contributed by atoms with E-state index < -0.39 is 6.04 Å². The van der Waals surface area contributed by atoms with Crippen LogP contribution in [-0.4, -0.2) is 11.9 Å². The molecular weight excluding hydrogens is 271 g/mol. The molecule has 3 nitrogen and oxygen atoms in total. The first-order valence-corrected chi connectivity index (χ1v) is 6.40. The van der Waals surface area contributed by atoms with Crippen molar-refractivity contribution < 1.29 is 4.79 Å². The molecule has 1 amide bonds. The van der Waals surface area contributed by atoms with E-state index in [4.69, 9.17) is 28.9 Å². The minimum Gasteiger partial charge on any atom is -0.323 e. The van der Waals surface area contributed by atoms with Crippen molar-refractivity contribution in [3.8, 4) is 0 Å². The molecule has 18 heavy (non-hydrogen) atoms. The van der Waals surface area contributed by atoms with E-state index in [-0.39, 0.29) is 11.3 Å². The number of hydrogen-bond donors (Lipinski definition) is 2. The second kappa shape index (κ2) is 5.47. The molecule has 0 heterocycles. The smallest absolute Gasteiger partial charge is 0.241 e. The molecule has 0 radical (unpaired) electrons. The summed E-state index contributed by atoms with van der Waals surface area (Å²) in [6.45, 7) is 7.56. The van der Waals surface area contributed by atoms with Crippen molar-refractivity contribution in [2.24, 2.45) is 11.1 Å². The number of nitrogens with two attached hydrogens (primary N) is 1. The van der Waals surface area contributed by atoms with Gasteiger partial charge in [-0.2, -0.15) is 0 Å². The molecule has 0 aromatic heterocycles. The number of nitrogens with one attached hydrogen (secondary N) is 1. The molecule has 5 heteroatoms. The minimum absolute atomic E-state index is 0.274. The molecule has 0 bridgehead atoms. The van der Waals surface area contributed by atoms with Crippen molar-refractivity contribution >= 4 is 34.8 Å². The maximum absolute atomic E-state index is 12.0. The summed E-state index contributed by atoms with van der Waals surface area (Å²) in [4.78, 5) is 12.0. The number of rotatable bonds is 2. The molecule has 1 aromatic rings. The number of benzene rings is 1. The molecule has 0 saturated carbocycles. The molecular formula is C13H18Cl2N2O. The normalized spacial score (nSPS) is 13.3. The van der Waals surface area contributed by atoms with Crippen LogP contribution in [0.1, 0.15) is 26.3 Å². The highest BCUT2D eigenvalue weighted by molar-refractivity contribution is 6.36. The van der Waals surface area contributed by atoms with E-state index in [1.165, 1.54) is 0 Å². The summed E-state index contributed by atoms with van der Waals surface area (Å²) < 4.78 is 0. The fourth-order valence-corrected chi connectivity index (χ4v) is 1.77. The van der Waals surface area contributed by atoms with Gasteiger partial charge in [0.1, 0.15) is 0 Å². The Bertz CT molecular complexity index is 467. The molecule has 1 rings (SSSR count). The summed E-state index contributed by atoms with van der Waals surface area (Å²) in [6, 6.07) is 2.72. The summed E-state index contributed by atoms with van der Waals surface area (Å²) in [5.41, 5.74) is 6.90. The van der Waals surface area contributed by atoms with Crippen LogP contribution in [0, 0.1) is 12.3 Å². The van der Waals surface area contributed by atoms with Gasteiger partial charge in [0, 0.05) is 5.02 Å². The molecule has 0 aliphatic rings. The van der Waals surface area contributed by atoms with E-state index in [0.29, 0.717) is 15.7 Å². The summed E-state index contributed by atoms with van der Waals surface area (Å²) in [5, 5.41) is 3.71. The van der Waals surface area contributed by atoms with Gasteiger partial charge in [0.15, 0.2) is 0 Å². The maximum atomic E-state index is 12.0. The highest BCUT2D eigenvalue weighted by atomic mass is 35.5. The second-order valence-corrected chi connectivity index (χ2v) is 6.23. The van der Waals surface area contributed by atoms with E-state index in [9.17, 15) is 4.79 Å². The van der Waals surface area contributed by atoms with Crippen LogP contribution in [0.3, 0.4) is 0 Å². The van der Waals surface area contributed by atoms with E-state index >= 15 is 0 Å². The van der Waals surface area contributed by atoms with Crippen molar-refractivity contribution in [1.82, 2.24) is 0 Å². The molecule has 0 spiro atoms. The van der Waals surface area contributed by atoms with Crippen molar-refractivity contribution in [2.45, 2.75) is 33.7 Å². The van der Waals surface area contributed by atoms with E-state index in [0.717, 1.165) is 5.56 Å². The summed E-state index contributed by atoms with van der Waals surface area (Å²) in [5.74, 6) is -0.274. The Morgan fingerprint density at radius 2 is 1.83 bits per heavy atom. The van der Waals surface area contributed by atoms with Crippen molar-refractivity contribution in [1.29, 1.82) is 0 Å². The van der Waals surface area contributed by atoms with E-state index in [1.54, 1.807) is 12.1 Å². The van der Waals surface area contributed by atoms with Gasteiger partial charge in [0.05, 0.1) is 16.8 Å². The molecule has 1 atom stereocenters. The third-order valence-corrected chi connectivity index (χ3v) is 3.44. The van der Waals surface area contributed by atoms with Gasteiger partial charge in [-0.25, -0.2) is 0 Å².